The van der Waals surface area contributed by atoms with E-state index < -0.39 is 0 Å². The lowest BCUT2D eigenvalue weighted by atomic mass is 9.94. The van der Waals surface area contributed by atoms with Gasteiger partial charge in [-0.1, -0.05) is 49.9 Å². The Bertz CT molecular complexity index is 492. The van der Waals surface area contributed by atoms with Gasteiger partial charge in [0.15, 0.2) is 0 Å². The maximum absolute atomic E-state index is 12.8. The number of amides is 1. The lowest BCUT2D eigenvalue weighted by Crippen LogP contribution is -2.51. The zero-order valence-corrected chi connectivity index (χ0v) is 13.0. The van der Waals surface area contributed by atoms with Gasteiger partial charge >= 0.3 is 0 Å². The van der Waals surface area contributed by atoms with E-state index in [1.165, 1.54) is 49.7 Å². The van der Waals surface area contributed by atoms with Crippen LogP contribution in [-0.2, 0) is 17.8 Å². The molecule has 114 valence electrons. The number of hydrogen-bond donors (Lipinski definition) is 1. The fourth-order valence-electron chi connectivity index (χ4n) is 3.70. The summed E-state index contributed by atoms with van der Waals surface area (Å²) in [6.45, 7) is 0.811. The Hall–Kier alpha value is -1.35. The SMILES string of the molecule is CN(C(=O)[C@H]1Cc2ccccc2CN1)C1CCCCCC1. The van der Waals surface area contributed by atoms with Crippen LogP contribution in [0.1, 0.15) is 49.7 Å². The van der Waals surface area contributed by atoms with Crippen molar-refractivity contribution in [1.29, 1.82) is 0 Å². The van der Waals surface area contributed by atoms with Crippen molar-refractivity contribution in [2.75, 3.05) is 7.05 Å². The van der Waals surface area contributed by atoms with Crippen LogP contribution in [0.15, 0.2) is 24.3 Å². The maximum atomic E-state index is 12.8. The molecule has 1 heterocycles. The molecule has 1 atom stereocenters. The highest BCUT2D eigenvalue weighted by Crippen LogP contribution is 2.23. The van der Waals surface area contributed by atoms with E-state index >= 15 is 0 Å². The highest BCUT2D eigenvalue weighted by atomic mass is 16.2. The molecule has 1 aromatic rings. The van der Waals surface area contributed by atoms with Crippen molar-refractivity contribution in [3.8, 4) is 0 Å². The Labute approximate surface area is 127 Å². The molecular formula is C18H26N2O. The Morgan fingerprint density at radius 1 is 1.10 bits per heavy atom. The summed E-state index contributed by atoms with van der Waals surface area (Å²) in [7, 11) is 2.00. The molecule has 0 radical (unpaired) electrons. The van der Waals surface area contributed by atoms with Crippen LogP contribution in [-0.4, -0.2) is 29.9 Å². The Balaban J connectivity index is 1.65. The summed E-state index contributed by atoms with van der Waals surface area (Å²) in [5.74, 6) is 0.274. The normalized spacial score (nSPS) is 23.2. The minimum Gasteiger partial charge on any atom is -0.341 e. The molecule has 0 spiro atoms. The van der Waals surface area contributed by atoms with Crippen molar-refractivity contribution in [3.63, 3.8) is 0 Å². The molecule has 3 nitrogen and oxygen atoms in total. The fraction of sp³-hybridized carbons (Fsp3) is 0.611. The molecule has 1 aromatic carbocycles. The molecule has 3 heteroatoms. The standard InChI is InChI=1S/C18H26N2O/c1-20(16-10-4-2-3-5-11-16)18(21)17-12-14-8-6-7-9-15(14)13-19-17/h6-9,16-17,19H,2-5,10-13H2,1H3/t17-/m1/s1. The van der Waals surface area contributed by atoms with Gasteiger partial charge in [0.25, 0.3) is 0 Å². The summed E-state index contributed by atoms with van der Waals surface area (Å²) >= 11 is 0. The first-order valence-corrected chi connectivity index (χ1v) is 8.32. The second-order valence-electron chi connectivity index (χ2n) is 6.50. The van der Waals surface area contributed by atoms with E-state index in [0.717, 1.165) is 13.0 Å². The smallest absolute Gasteiger partial charge is 0.240 e. The van der Waals surface area contributed by atoms with Gasteiger partial charge in [-0.15, -0.1) is 0 Å². The van der Waals surface area contributed by atoms with E-state index in [9.17, 15) is 4.79 Å². The Kier molecular flexibility index (Phi) is 4.59. The van der Waals surface area contributed by atoms with Crippen LogP contribution in [0.4, 0.5) is 0 Å². The number of hydrogen-bond acceptors (Lipinski definition) is 2. The fourth-order valence-corrected chi connectivity index (χ4v) is 3.70. The van der Waals surface area contributed by atoms with Gasteiger partial charge in [0.2, 0.25) is 5.91 Å². The topological polar surface area (TPSA) is 32.3 Å². The molecule has 0 aromatic heterocycles. The van der Waals surface area contributed by atoms with Crippen LogP contribution < -0.4 is 5.32 Å². The van der Waals surface area contributed by atoms with Crippen molar-refractivity contribution in [3.05, 3.63) is 35.4 Å². The number of benzene rings is 1. The molecule has 1 aliphatic heterocycles. The van der Waals surface area contributed by atoms with E-state index in [-0.39, 0.29) is 11.9 Å². The summed E-state index contributed by atoms with van der Waals surface area (Å²) in [6, 6.07) is 8.84. The van der Waals surface area contributed by atoms with Crippen molar-refractivity contribution in [2.45, 2.75) is 63.6 Å². The van der Waals surface area contributed by atoms with Gasteiger partial charge in [-0.3, -0.25) is 4.79 Å². The summed E-state index contributed by atoms with van der Waals surface area (Å²) in [4.78, 5) is 14.8. The van der Waals surface area contributed by atoms with Crippen molar-refractivity contribution >= 4 is 5.91 Å². The molecule has 21 heavy (non-hydrogen) atoms. The first-order valence-electron chi connectivity index (χ1n) is 8.32. The van der Waals surface area contributed by atoms with E-state index in [1.54, 1.807) is 0 Å². The molecule has 1 amide bonds. The quantitative estimate of drug-likeness (QED) is 0.848. The Morgan fingerprint density at radius 3 is 2.48 bits per heavy atom. The summed E-state index contributed by atoms with van der Waals surface area (Å²) in [5.41, 5.74) is 2.66. The van der Waals surface area contributed by atoms with Gasteiger partial charge in [-0.2, -0.15) is 0 Å². The third kappa shape index (κ3) is 3.29. The molecule has 0 saturated heterocycles. The number of fused-ring (bicyclic) bond motifs is 1. The molecule has 3 rings (SSSR count). The highest BCUT2D eigenvalue weighted by Gasteiger charge is 2.29. The predicted octanol–water partition coefficient (Wildman–Crippen LogP) is 2.88. The van der Waals surface area contributed by atoms with Gasteiger partial charge < -0.3 is 10.2 Å². The summed E-state index contributed by atoms with van der Waals surface area (Å²) in [5, 5.41) is 3.42. The average molecular weight is 286 g/mol. The monoisotopic (exact) mass is 286 g/mol. The van der Waals surface area contributed by atoms with Crippen molar-refractivity contribution in [2.24, 2.45) is 0 Å². The molecule has 1 N–H and O–H groups in total. The van der Waals surface area contributed by atoms with E-state index in [4.69, 9.17) is 0 Å². The van der Waals surface area contributed by atoms with Gasteiger partial charge in [0.05, 0.1) is 6.04 Å². The predicted molar refractivity (Wildman–Crippen MR) is 85.0 cm³/mol. The third-order valence-electron chi connectivity index (χ3n) is 5.10. The number of nitrogens with zero attached hydrogens (tertiary/aromatic N) is 1. The number of carbonyl (C=O) groups excluding carboxylic acids is 1. The summed E-state index contributed by atoms with van der Waals surface area (Å²) in [6.07, 6.45) is 8.36. The molecule has 1 fully saturated rings. The maximum Gasteiger partial charge on any atom is 0.240 e. The van der Waals surface area contributed by atoms with Crippen LogP contribution in [0, 0.1) is 0 Å². The van der Waals surface area contributed by atoms with Gasteiger partial charge in [-0.05, 0) is 30.4 Å². The van der Waals surface area contributed by atoms with Crippen LogP contribution in [0.5, 0.6) is 0 Å². The lowest BCUT2D eigenvalue weighted by molar-refractivity contribution is -0.134. The number of likely N-dealkylation sites (N-methyl/N-ethyl adjacent to an activating group) is 1. The number of carbonyl (C=O) groups is 1. The van der Waals surface area contributed by atoms with Crippen LogP contribution in [0.25, 0.3) is 0 Å². The minimum atomic E-state index is -0.0480. The van der Waals surface area contributed by atoms with Crippen molar-refractivity contribution in [1.82, 2.24) is 10.2 Å². The molecule has 1 saturated carbocycles. The lowest BCUT2D eigenvalue weighted by Gasteiger charge is -2.33. The number of rotatable bonds is 2. The Morgan fingerprint density at radius 2 is 1.76 bits per heavy atom. The van der Waals surface area contributed by atoms with Crippen LogP contribution >= 0.6 is 0 Å². The highest BCUT2D eigenvalue weighted by molar-refractivity contribution is 5.82. The van der Waals surface area contributed by atoms with Crippen LogP contribution in [0.2, 0.25) is 0 Å². The average Bonchev–Trinajstić information content (AvgIpc) is 2.82. The molecule has 1 aliphatic carbocycles. The van der Waals surface area contributed by atoms with Gasteiger partial charge in [0, 0.05) is 19.6 Å². The van der Waals surface area contributed by atoms with Crippen LogP contribution in [0.3, 0.4) is 0 Å². The molecule has 2 aliphatic rings. The molecule has 0 unspecified atom stereocenters. The first-order chi connectivity index (χ1) is 10.3. The van der Waals surface area contributed by atoms with E-state index in [0.29, 0.717) is 6.04 Å². The zero-order chi connectivity index (χ0) is 14.7. The van der Waals surface area contributed by atoms with Gasteiger partial charge in [-0.25, -0.2) is 0 Å². The van der Waals surface area contributed by atoms with E-state index in [2.05, 4.69) is 29.6 Å². The van der Waals surface area contributed by atoms with E-state index in [1.807, 2.05) is 11.9 Å². The second-order valence-corrected chi connectivity index (χ2v) is 6.50. The zero-order valence-electron chi connectivity index (χ0n) is 13.0. The minimum absolute atomic E-state index is 0.0480. The molecular weight excluding hydrogens is 260 g/mol. The van der Waals surface area contributed by atoms with Crippen molar-refractivity contribution < 1.29 is 4.79 Å². The molecule has 0 bridgehead atoms. The summed E-state index contributed by atoms with van der Waals surface area (Å²) < 4.78 is 0. The second kappa shape index (κ2) is 6.61. The number of nitrogens with one attached hydrogen (secondary N) is 1. The third-order valence-corrected chi connectivity index (χ3v) is 5.10. The largest absolute Gasteiger partial charge is 0.341 e. The van der Waals surface area contributed by atoms with Gasteiger partial charge in [0.1, 0.15) is 0 Å². The first kappa shape index (κ1) is 14.6.